The molecule has 2 rings (SSSR count). The van der Waals surface area contributed by atoms with Gasteiger partial charge in [-0.1, -0.05) is 46.0 Å². The number of urea groups is 1. The van der Waals surface area contributed by atoms with E-state index in [1.165, 1.54) is 16.2 Å². The largest absolute Gasteiger partial charge is 0.373 e. The van der Waals surface area contributed by atoms with Gasteiger partial charge in [-0.15, -0.1) is 20.0 Å². The molecule has 0 radical (unpaired) electrons. The molecule has 0 aromatic carbocycles. The number of aromatic nitrogens is 5. The zero-order valence-electron chi connectivity index (χ0n) is 20.5. The smallest absolute Gasteiger partial charge is 0.341 e. The van der Waals surface area contributed by atoms with Crippen LogP contribution in [0.3, 0.4) is 0 Å². The van der Waals surface area contributed by atoms with Crippen molar-refractivity contribution < 1.29 is 9.59 Å². The van der Waals surface area contributed by atoms with Crippen molar-refractivity contribution in [2.24, 2.45) is 0 Å². The zero-order chi connectivity index (χ0) is 25.0. The van der Waals surface area contributed by atoms with Crippen molar-refractivity contribution in [1.82, 2.24) is 35.3 Å². The number of carbonyl (C=O) groups excluding carboxylic acids is 2. The van der Waals surface area contributed by atoms with Crippen LogP contribution in [0.4, 0.5) is 14.7 Å². The summed E-state index contributed by atoms with van der Waals surface area (Å²) in [5.74, 6) is 5.89. The molecule has 0 aliphatic carbocycles. The lowest BCUT2D eigenvalue weighted by atomic mass is 9.98. The van der Waals surface area contributed by atoms with E-state index in [4.69, 9.17) is 5.84 Å². The Kier molecular flexibility index (Phi) is 8.55. The Labute approximate surface area is 192 Å². The Morgan fingerprint density at radius 2 is 1.69 bits per heavy atom. The topological polar surface area (TPSA) is 153 Å². The van der Waals surface area contributed by atoms with E-state index in [1.807, 2.05) is 34.6 Å². The third-order valence-corrected chi connectivity index (χ3v) is 5.31. The summed E-state index contributed by atoms with van der Waals surface area (Å²) in [6, 6.07) is -0.764. The maximum Gasteiger partial charge on any atom is 0.373 e. The van der Waals surface area contributed by atoms with E-state index >= 15 is 0 Å². The molecule has 3 amide bonds. The number of nitrogens with zero attached hydrogens (tertiary/aromatic N) is 6. The van der Waals surface area contributed by atoms with Crippen molar-refractivity contribution in [3.63, 3.8) is 0 Å². The Balaban J connectivity index is 0.000000323. The van der Waals surface area contributed by atoms with Crippen molar-refractivity contribution in [1.29, 1.82) is 0 Å². The van der Waals surface area contributed by atoms with Crippen LogP contribution in [-0.4, -0.2) is 56.4 Å². The molecule has 0 atom stereocenters. The number of nitrogen functional groups attached to an aromatic ring is 1. The minimum Gasteiger partial charge on any atom is -0.341 e. The number of hydrogen-bond donors (Lipinski definition) is 3. The average molecular weight is 470 g/mol. The number of carbonyl (C=O) groups is 2. The third-order valence-electron chi connectivity index (χ3n) is 3.89. The van der Waals surface area contributed by atoms with E-state index in [-0.39, 0.29) is 17.4 Å². The molecule has 0 spiro atoms. The van der Waals surface area contributed by atoms with Gasteiger partial charge in [-0.3, -0.25) is 4.90 Å². The number of nitrogens with two attached hydrogens (primary N) is 1. The molecule has 4 N–H and O–H groups in total. The SMILES string of the molecule is CC(C)c1nn(C(=O)NC(C)(C)C)c(=O)n1N.CNC(=O)N(C)c1nnc(C(C)(C)C)s1. The fraction of sp³-hybridized carbons (Fsp3) is 0.684. The summed E-state index contributed by atoms with van der Waals surface area (Å²) >= 11 is 1.43. The minimum atomic E-state index is -0.643. The maximum absolute atomic E-state index is 11.8. The standard InChI is InChI=1S/C10H19N5O2.C9H16N4OS/c1-6(2)7-13-15(9(17)14(7)11)8(16)12-10(3,4)5;1-9(2,3)6-11-12-8(15-6)13(5)7(14)10-4/h6H,11H2,1-5H3,(H,12,16);1-5H3,(H,10,14). The molecule has 0 aliphatic heterocycles. The fourth-order valence-electron chi connectivity index (χ4n) is 2.20. The molecule has 0 aliphatic rings. The van der Waals surface area contributed by atoms with Crippen molar-refractivity contribution in [3.05, 3.63) is 21.3 Å². The zero-order valence-corrected chi connectivity index (χ0v) is 21.3. The van der Waals surface area contributed by atoms with Gasteiger partial charge in [0.25, 0.3) is 0 Å². The first-order chi connectivity index (χ1) is 14.5. The lowest BCUT2D eigenvalue weighted by Gasteiger charge is -2.19. The quantitative estimate of drug-likeness (QED) is 0.567. The van der Waals surface area contributed by atoms with Crippen LogP contribution in [0.15, 0.2) is 4.79 Å². The van der Waals surface area contributed by atoms with Crippen LogP contribution in [0.5, 0.6) is 0 Å². The van der Waals surface area contributed by atoms with E-state index in [1.54, 1.807) is 14.1 Å². The van der Waals surface area contributed by atoms with E-state index in [0.29, 0.717) is 11.0 Å². The van der Waals surface area contributed by atoms with Crippen molar-refractivity contribution in [3.8, 4) is 0 Å². The second-order valence-corrected chi connectivity index (χ2v) is 10.5. The van der Waals surface area contributed by atoms with Crippen LogP contribution in [0.25, 0.3) is 0 Å². The summed E-state index contributed by atoms with van der Waals surface area (Å²) in [6.45, 7) is 15.3. The third kappa shape index (κ3) is 7.04. The van der Waals surface area contributed by atoms with Crippen molar-refractivity contribution in [2.75, 3.05) is 24.8 Å². The number of amides is 3. The highest BCUT2D eigenvalue weighted by molar-refractivity contribution is 7.15. The highest BCUT2D eigenvalue weighted by Crippen LogP contribution is 2.29. The van der Waals surface area contributed by atoms with Gasteiger partial charge in [0.2, 0.25) is 5.13 Å². The van der Waals surface area contributed by atoms with Crippen LogP contribution >= 0.6 is 11.3 Å². The Bertz CT molecular complexity index is 993. The number of nitrogens with one attached hydrogen (secondary N) is 2. The Hall–Kier alpha value is -2.96. The normalized spacial score (nSPS) is 11.6. The van der Waals surface area contributed by atoms with E-state index in [2.05, 4.69) is 46.7 Å². The molecule has 0 bridgehead atoms. The lowest BCUT2D eigenvalue weighted by molar-refractivity contribution is 0.229. The van der Waals surface area contributed by atoms with Gasteiger partial charge in [0, 0.05) is 31.0 Å². The summed E-state index contributed by atoms with van der Waals surface area (Å²) < 4.78 is 1.65. The number of rotatable bonds is 2. The second-order valence-electron chi connectivity index (χ2n) is 9.51. The predicted octanol–water partition coefficient (Wildman–Crippen LogP) is 1.85. The molecule has 2 heterocycles. The summed E-state index contributed by atoms with van der Waals surface area (Å²) in [5.41, 5.74) is -1.11. The van der Waals surface area contributed by atoms with Gasteiger partial charge in [0.05, 0.1) is 0 Å². The highest BCUT2D eigenvalue weighted by Gasteiger charge is 2.23. The molecule has 0 unspecified atom stereocenters. The molecular formula is C19H35N9O3S. The second kappa shape index (κ2) is 10.1. The molecule has 12 nitrogen and oxygen atoms in total. The number of hydrogen-bond acceptors (Lipinski definition) is 8. The fourth-order valence-corrected chi connectivity index (χ4v) is 3.06. The minimum absolute atomic E-state index is 0.0283. The summed E-state index contributed by atoms with van der Waals surface area (Å²) in [5, 5.41) is 18.7. The molecule has 2 aromatic heterocycles. The Morgan fingerprint density at radius 3 is 2.06 bits per heavy atom. The molecule has 0 fully saturated rings. The van der Waals surface area contributed by atoms with Crippen molar-refractivity contribution in [2.45, 2.75) is 72.3 Å². The first-order valence-electron chi connectivity index (χ1n) is 10.1. The van der Waals surface area contributed by atoms with Gasteiger partial charge >= 0.3 is 17.8 Å². The summed E-state index contributed by atoms with van der Waals surface area (Å²) in [4.78, 5) is 36.3. The van der Waals surface area contributed by atoms with Crippen LogP contribution in [0, 0.1) is 0 Å². The van der Waals surface area contributed by atoms with E-state index in [9.17, 15) is 14.4 Å². The molecule has 32 heavy (non-hydrogen) atoms. The van der Waals surface area contributed by atoms with Gasteiger partial charge in [-0.05, 0) is 20.8 Å². The predicted molar refractivity (Wildman–Crippen MR) is 126 cm³/mol. The molecular weight excluding hydrogens is 434 g/mol. The molecule has 2 aromatic rings. The van der Waals surface area contributed by atoms with Crippen LogP contribution in [0.1, 0.15) is 72.1 Å². The number of anilines is 1. The molecule has 180 valence electrons. The average Bonchev–Trinajstić information content (AvgIpc) is 3.26. The van der Waals surface area contributed by atoms with Crippen LogP contribution in [-0.2, 0) is 5.41 Å². The monoisotopic (exact) mass is 469 g/mol. The maximum atomic E-state index is 11.8. The van der Waals surface area contributed by atoms with E-state index < -0.39 is 17.3 Å². The summed E-state index contributed by atoms with van der Waals surface area (Å²) in [6.07, 6.45) is 0. The van der Waals surface area contributed by atoms with Crippen LogP contribution in [0.2, 0.25) is 0 Å². The molecule has 13 heteroatoms. The van der Waals surface area contributed by atoms with Gasteiger partial charge in [-0.25, -0.2) is 14.4 Å². The molecule has 0 saturated heterocycles. The lowest BCUT2D eigenvalue weighted by Crippen LogP contribution is -2.47. The van der Waals surface area contributed by atoms with Gasteiger partial charge in [0.15, 0.2) is 5.82 Å². The summed E-state index contributed by atoms with van der Waals surface area (Å²) in [7, 11) is 3.26. The van der Waals surface area contributed by atoms with Gasteiger partial charge in [0.1, 0.15) is 5.01 Å². The Morgan fingerprint density at radius 1 is 1.12 bits per heavy atom. The highest BCUT2D eigenvalue weighted by atomic mass is 32.1. The van der Waals surface area contributed by atoms with Crippen LogP contribution < -0.4 is 27.1 Å². The first-order valence-corrected chi connectivity index (χ1v) is 10.9. The van der Waals surface area contributed by atoms with Gasteiger partial charge in [-0.2, -0.15) is 4.68 Å². The van der Waals surface area contributed by atoms with Gasteiger partial charge < -0.3 is 16.5 Å². The van der Waals surface area contributed by atoms with E-state index in [0.717, 1.165) is 14.4 Å². The first kappa shape index (κ1) is 27.1. The van der Waals surface area contributed by atoms with Crippen molar-refractivity contribution >= 4 is 28.5 Å². The molecule has 0 saturated carbocycles.